The molecule has 0 aliphatic carbocycles. The van der Waals surface area contributed by atoms with E-state index in [0.29, 0.717) is 22.6 Å². The molecule has 5 rings (SSSR count). The fraction of sp³-hybridized carbons (Fsp3) is 0.188. The number of esters is 1. The van der Waals surface area contributed by atoms with E-state index in [0.717, 1.165) is 16.4 Å². The summed E-state index contributed by atoms with van der Waals surface area (Å²) in [6.07, 6.45) is -4.38. The minimum absolute atomic E-state index is 0.0308. The first-order chi connectivity index (χ1) is 21.4. The highest BCUT2D eigenvalue weighted by atomic mass is 35.5. The number of anilines is 1. The number of carbonyl (C=O) groups excluding carboxylic acids is 2. The lowest BCUT2D eigenvalue weighted by molar-refractivity contribution is -0.137. The molecule has 1 N–H and O–H groups in total. The number of fused-ring (bicyclic) bond motifs is 1. The van der Waals surface area contributed by atoms with Gasteiger partial charge in [0.25, 0.3) is 10.0 Å². The Morgan fingerprint density at radius 1 is 0.956 bits per heavy atom. The second-order valence-electron chi connectivity index (χ2n) is 10.0. The zero-order chi connectivity index (χ0) is 32.4. The number of amides is 1. The summed E-state index contributed by atoms with van der Waals surface area (Å²) in [6, 6.07) is 20.3. The molecule has 0 saturated heterocycles. The SMILES string of the molecule is COC(=O)c1ccc(OCCNC(=O)[C@@H]2Cc3ccccc3N2S(=O)(=O)c2ccc(-c3cccc(C(F)(F)F)c3)cc2)cc1Cl. The Labute approximate surface area is 262 Å². The fourth-order valence-corrected chi connectivity index (χ4v) is 6.88. The van der Waals surface area contributed by atoms with Crippen LogP contribution in [0, 0.1) is 0 Å². The number of nitrogens with zero attached hydrogens (tertiary/aromatic N) is 1. The van der Waals surface area contributed by atoms with Gasteiger partial charge in [-0.05, 0) is 65.2 Å². The van der Waals surface area contributed by atoms with Gasteiger partial charge in [-0.1, -0.05) is 54.1 Å². The summed E-state index contributed by atoms with van der Waals surface area (Å²) in [5.74, 6) is -0.784. The highest BCUT2D eigenvalue weighted by molar-refractivity contribution is 7.93. The number of halogens is 4. The Balaban J connectivity index is 1.30. The first-order valence-corrected chi connectivity index (χ1v) is 15.4. The smallest absolute Gasteiger partial charge is 0.416 e. The number of alkyl halides is 3. The van der Waals surface area contributed by atoms with Gasteiger partial charge in [-0.3, -0.25) is 9.10 Å². The number of para-hydroxylation sites is 1. The average molecular weight is 659 g/mol. The maximum atomic E-state index is 13.9. The number of rotatable bonds is 9. The van der Waals surface area contributed by atoms with Crippen molar-refractivity contribution in [2.24, 2.45) is 0 Å². The van der Waals surface area contributed by atoms with Gasteiger partial charge < -0.3 is 14.8 Å². The topological polar surface area (TPSA) is 102 Å². The molecule has 1 aliphatic rings. The quantitative estimate of drug-likeness (QED) is 0.172. The second kappa shape index (κ2) is 12.8. The molecule has 0 fully saturated rings. The van der Waals surface area contributed by atoms with Crippen molar-refractivity contribution in [3.63, 3.8) is 0 Å². The molecule has 4 aromatic carbocycles. The second-order valence-corrected chi connectivity index (χ2v) is 12.2. The molecule has 45 heavy (non-hydrogen) atoms. The van der Waals surface area contributed by atoms with Crippen molar-refractivity contribution in [1.82, 2.24) is 5.32 Å². The number of carbonyl (C=O) groups is 2. The lowest BCUT2D eigenvalue weighted by atomic mass is 10.0. The van der Waals surface area contributed by atoms with Crippen LogP contribution >= 0.6 is 11.6 Å². The third-order valence-corrected chi connectivity index (χ3v) is 9.33. The predicted octanol–water partition coefficient (Wildman–Crippen LogP) is 6.13. The van der Waals surface area contributed by atoms with Gasteiger partial charge in [0.2, 0.25) is 5.91 Å². The van der Waals surface area contributed by atoms with Crippen LogP contribution in [0.2, 0.25) is 5.02 Å². The van der Waals surface area contributed by atoms with Gasteiger partial charge >= 0.3 is 12.1 Å². The molecule has 0 bridgehead atoms. The highest BCUT2D eigenvalue weighted by Gasteiger charge is 2.42. The van der Waals surface area contributed by atoms with Gasteiger partial charge in [0.1, 0.15) is 18.4 Å². The van der Waals surface area contributed by atoms with E-state index in [1.54, 1.807) is 24.3 Å². The van der Waals surface area contributed by atoms with E-state index in [1.165, 1.54) is 61.7 Å². The summed E-state index contributed by atoms with van der Waals surface area (Å²) in [5, 5.41) is 2.85. The summed E-state index contributed by atoms with van der Waals surface area (Å²) in [6.45, 7) is 0.0741. The summed E-state index contributed by atoms with van der Waals surface area (Å²) in [5.41, 5.74) is 1.06. The van der Waals surface area contributed by atoms with Crippen LogP contribution in [0.3, 0.4) is 0 Å². The zero-order valence-corrected chi connectivity index (χ0v) is 25.2. The van der Waals surface area contributed by atoms with Crippen molar-refractivity contribution in [1.29, 1.82) is 0 Å². The monoisotopic (exact) mass is 658 g/mol. The Bertz CT molecular complexity index is 1850. The first-order valence-electron chi connectivity index (χ1n) is 13.6. The molecule has 4 aromatic rings. The summed E-state index contributed by atoms with van der Waals surface area (Å²) in [4.78, 5) is 24.9. The molecule has 234 valence electrons. The van der Waals surface area contributed by atoms with Crippen molar-refractivity contribution < 1.29 is 40.7 Å². The number of sulfonamides is 1. The predicted molar refractivity (Wildman–Crippen MR) is 162 cm³/mol. The third kappa shape index (κ3) is 6.76. The van der Waals surface area contributed by atoms with E-state index in [1.807, 2.05) is 0 Å². The normalized spacial score (nSPS) is 14.5. The molecular formula is C32H26ClF3N2O6S. The van der Waals surface area contributed by atoms with E-state index >= 15 is 0 Å². The Morgan fingerprint density at radius 3 is 2.38 bits per heavy atom. The maximum Gasteiger partial charge on any atom is 0.416 e. The van der Waals surface area contributed by atoms with E-state index in [-0.39, 0.29) is 40.6 Å². The van der Waals surface area contributed by atoms with Gasteiger partial charge in [-0.15, -0.1) is 0 Å². The van der Waals surface area contributed by atoms with Crippen LogP contribution in [-0.4, -0.2) is 46.6 Å². The molecule has 13 heteroatoms. The van der Waals surface area contributed by atoms with Crippen molar-refractivity contribution in [2.45, 2.75) is 23.5 Å². The van der Waals surface area contributed by atoms with Crippen LogP contribution in [0.15, 0.2) is 95.9 Å². The molecule has 1 heterocycles. The van der Waals surface area contributed by atoms with Crippen LogP contribution in [0.1, 0.15) is 21.5 Å². The number of ether oxygens (including phenoxy) is 2. The van der Waals surface area contributed by atoms with Gasteiger partial charge in [0, 0.05) is 6.42 Å². The van der Waals surface area contributed by atoms with Gasteiger partial charge in [-0.25, -0.2) is 13.2 Å². The molecule has 1 amide bonds. The number of benzene rings is 4. The fourth-order valence-electron chi connectivity index (χ4n) is 4.98. The molecular weight excluding hydrogens is 633 g/mol. The van der Waals surface area contributed by atoms with Gasteiger partial charge in [-0.2, -0.15) is 13.2 Å². The largest absolute Gasteiger partial charge is 0.492 e. The Hall–Kier alpha value is -4.55. The number of methoxy groups -OCH3 is 1. The van der Waals surface area contributed by atoms with E-state index in [9.17, 15) is 31.2 Å². The lowest BCUT2D eigenvalue weighted by Crippen LogP contribution is -2.48. The molecule has 0 radical (unpaired) electrons. The molecule has 1 atom stereocenters. The Kier molecular flexibility index (Phi) is 9.08. The molecule has 0 saturated carbocycles. The van der Waals surface area contributed by atoms with Crippen LogP contribution in [-0.2, 0) is 32.2 Å². The minimum Gasteiger partial charge on any atom is -0.492 e. The van der Waals surface area contributed by atoms with Gasteiger partial charge in [0.05, 0.1) is 40.4 Å². The number of nitrogens with one attached hydrogen (secondary N) is 1. The number of hydrogen-bond acceptors (Lipinski definition) is 6. The van der Waals surface area contributed by atoms with E-state index in [2.05, 4.69) is 10.1 Å². The molecule has 8 nitrogen and oxygen atoms in total. The lowest BCUT2D eigenvalue weighted by Gasteiger charge is -2.26. The van der Waals surface area contributed by atoms with Crippen LogP contribution in [0.25, 0.3) is 11.1 Å². The third-order valence-electron chi connectivity index (χ3n) is 7.18. The standard InChI is InChI=1S/C32H26ClF3N2O6S/c1-43-31(40)26-14-11-24(19-27(26)33)44-16-15-37-30(39)29-18-22-5-2-3-8-28(22)38(29)45(41,42)25-12-9-20(10-13-25)21-6-4-7-23(17-21)32(34,35)36/h2-14,17,19,29H,15-16,18H2,1H3,(H,37,39)/t29-/m0/s1. The van der Waals surface area contributed by atoms with Gasteiger partial charge in [0.15, 0.2) is 0 Å². The molecule has 0 unspecified atom stereocenters. The van der Waals surface area contributed by atoms with Crippen LogP contribution < -0.4 is 14.4 Å². The maximum absolute atomic E-state index is 13.9. The van der Waals surface area contributed by atoms with E-state index in [4.69, 9.17) is 16.3 Å². The minimum atomic E-state index is -4.52. The molecule has 0 aromatic heterocycles. The van der Waals surface area contributed by atoms with Crippen LogP contribution in [0.4, 0.5) is 18.9 Å². The summed E-state index contributed by atoms with van der Waals surface area (Å²) < 4.78 is 78.8. The highest BCUT2D eigenvalue weighted by Crippen LogP contribution is 2.38. The summed E-state index contributed by atoms with van der Waals surface area (Å²) >= 11 is 6.11. The van der Waals surface area contributed by atoms with Crippen molar-refractivity contribution >= 4 is 39.2 Å². The van der Waals surface area contributed by atoms with Crippen molar-refractivity contribution in [3.05, 3.63) is 113 Å². The Morgan fingerprint density at radius 2 is 1.69 bits per heavy atom. The van der Waals surface area contributed by atoms with E-state index < -0.39 is 39.7 Å². The zero-order valence-electron chi connectivity index (χ0n) is 23.7. The average Bonchev–Trinajstić information content (AvgIpc) is 3.43. The van der Waals surface area contributed by atoms with Crippen LogP contribution in [0.5, 0.6) is 5.75 Å². The van der Waals surface area contributed by atoms with Crippen molar-refractivity contribution in [2.75, 3.05) is 24.6 Å². The number of hydrogen-bond donors (Lipinski definition) is 1. The summed E-state index contributed by atoms with van der Waals surface area (Å²) in [7, 11) is -3.02. The molecule has 1 aliphatic heterocycles. The first kappa shape index (κ1) is 31.9. The van der Waals surface area contributed by atoms with Crippen molar-refractivity contribution in [3.8, 4) is 16.9 Å². The molecule has 0 spiro atoms.